The first-order valence-electron chi connectivity index (χ1n) is 6.64. The third kappa shape index (κ3) is 3.75. The highest BCUT2D eigenvalue weighted by molar-refractivity contribution is 6.06. The van der Waals surface area contributed by atoms with Gasteiger partial charge in [0.2, 0.25) is 6.41 Å². The number of pyridine rings is 1. The van der Waals surface area contributed by atoms with Crippen molar-refractivity contribution in [2.75, 3.05) is 13.1 Å². The molecule has 5 nitrogen and oxygen atoms in total. The number of benzene rings is 1. The van der Waals surface area contributed by atoms with E-state index in [0.717, 1.165) is 0 Å². The summed E-state index contributed by atoms with van der Waals surface area (Å²) >= 11 is 0. The van der Waals surface area contributed by atoms with Gasteiger partial charge in [0.1, 0.15) is 5.82 Å². The largest absolute Gasteiger partial charge is 0.359 e. The second kappa shape index (κ2) is 6.78. The van der Waals surface area contributed by atoms with Crippen LogP contribution in [0, 0.1) is 12.7 Å². The number of aryl methyl sites for hydroxylation is 1. The van der Waals surface area contributed by atoms with Gasteiger partial charge < -0.3 is 10.6 Å². The van der Waals surface area contributed by atoms with Crippen molar-refractivity contribution < 1.29 is 14.0 Å². The van der Waals surface area contributed by atoms with E-state index < -0.39 is 5.82 Å². The minimum atomic E-state index is -0.405. The van der Waals surface area contributed by atoms with Crippen LogP contribution in [0.4, 0.5) is 4.39 Å². The maximum atomic E-state index is 13.4. The molecule has 21 heavy (non-hydrogen) atoms. The molecule has 0 saturated heterocycles. The molecule has 1 aromatic carbocycles. The third-order valence-corrected chi connectivity index (χ3v) is 3.01. The number of nitrogens with zero attached hydrogens (tertiary/aromatic N) is 1. The Labute approximate surface area is 121 Å². The van der Waals surface area contributed by atoms with Gasteiger partial charge in [-0.05, 0) is 37.6 Å². The van der Waals surface area contributed by atoms with Crippen molar-refractivity contribution in [1.29, 1.82) is 0 Å². The number of nitrogens with one attached hydrogen (secondary N) is 2. The molecule has 110 valence electrons. The van der Waals surface area contributed by atoms with E-state index in [2.05, 4.69) is 15.6 Å². The summed E-state index contributed by atoms with van der Waals surface area (Å²) in [5.74, 6) is -0.681. The van der Waals surface area contributed by atoms with Gasteiger partial charge in [-0.3, -0.25) is 14.6 Å². The smallest absolute Gasteiger partial charge is 0.252 e. The Kier molecular flexibility index (Phi) is 4.81. The van der Waals surface area contributed by atoms with E-state index in [0.29, 0.717) is 48.1 Å². The van der Waals surface area contributed by atoms with E-state index in [9.17, 15) is 14.0 Å². The van der Waals surface area contributed by atoms with Crippen molar-refractivity contribution in [2.24, 2.45) is 0 Å². The maximum absolute atomic E-state index is 13.4. The van der Waals surface area contributed by atoms with E-state index >= 15 is 0 Å². The summed E-state index contributed by atoms with van der Waals surface area (Å²) in [6.45, 7) is 2.71. The Bertz CT molecular complexity index is 673. The number of fused-ring (bicyclic) bond motifs is 1. The quantitative estimate of drug-likeness (QED) is 0.626. The molecule has 0 fully saturated rings. The van der Waals surface area contributed by atoms with E-state index in [4.69, 9.17) is 0 Å². The molecule has 2 aromatic rings. The summed E-state index contributed by atoms with van der Waals surface area (Å²) in [5, 5.41) is 5.76. The molecule has 2 N–H and O–H groups in total. The van der Waals surface area contributed by atoms with E-state index in [-0.39, 0.29) is 5.91 Å². The lowest BCUT2D eigenvalue weighted by molar-refractivity contribution is -0.109. The van der Waals surface area contributed by atoms with Crippen LogP contribution < -0.4 is 10.6 Å². The lowest BCUT2D eigenvalue weighted by Crippen LogP contribution is -2.27. The zero-order valence-electron chi connectivity index (χ0n) is 11.6. The Balaban J connectivity index is 2.18. The van der Waals surface area contributed by atoms with Crippen molar-refractivity contribution in [3.8, 4) is 0 Å². The molecule has 0 atom stereocenters. The maximum Gasteiger partial charge on any atom is 0.252 e. The van der Waals surface area contributed by atoms with E-state index in [1.165, 1.54) is 12.1 Å². The SMILES string of the molecule is Cc1cc(C(=O)NCCCNC=O)c2cc(F)ccc2n1. The van der Waals surface area contributed by atoms with Gasteiger partial charge in [-0.15, -0.1) is 0 Å². The summed E-state index contributed by atoms with van der Waals surface area (Å²) < 4.78 is 13.4. The highest BCUT2D eigenvalue weighted by Crippen LogP contribution is 2.19. The second-order valence-electron chi connectivity index (χ2n) is 4.65. The summed E-state index contributed by atoms with van der Waals surface area (Å²) in [7, 11) is 0. The number of amides is 2. The van der Waals surface area contributed by atoms with Gasteiger partial charge in [-0.2, -0.15) is 0 Å². The average Bonchev–Trinajstić information content (AvgIpc) is 2.46. The summed E-state index contributed by atoms with van der Waals surface area (Å²) in [5.41, 5.74) is 1.69. The number of carbonyl (C=O) groups is 2. The van der Waals surface area contributed by atoms with Crippen LogP contribution in [0.15, 0.2) is 24.3 Å². The number of aromatic nitrogens is 1. The lowest BCUT2D eigenvalue weighted by Gasteiger charge is -2.09. The van der Waals surface area contributed by atoms with Crippen LogP contribution in [0.1, 0.15) is 22.5 Å². The molecule has 0 saturated carbocycles. The van der Waals surface area contributed by atoms with Crippen molar-refractivity contribution >= 4 is 23.2 Å². The van der Waals surface area contributed by atoms with Gasteiger partial charge in [-0.25, -0.2) is 4.39 Å². The summed E-state index contributed by atoms with van der Waals surface area (Å²) in [6.07, 6.45) is 1.24. The highest BCUT2D eigenvalue weighted by Gasteiger charge is 2.12. The van der Waals surface area contributed by atoms with Crippen LogP contribution in [0.2, 0.25) is 0 Å². The Hall–Kier alpha value is -2.50. The molecule has 0 aliphatic rings. The zero-order valence-corrected chi connectivity index (χ0v) is 11.6. The number of carbonyl (C=O) groups excluding carboxylic acids is 2. The van der Waals surface area contributed by atoms with Crippen LogP contribution in [0.25, 0.3) is 10.9 Å². The molecule has 0 aliphatic carbocycles. The summed E-state index contributed by atoms with van der Waals surface area (Å²) in [4.78, 5) is 26.6. The fourth-order valence-corrected chi connectivity index (χ4v) is 2.06. The Morgan fingerprint density at radius 2 is 2.14 bits per heavy atom. The first-order valence-corrected chi connectivity index (χ1v) is 6.64. The number of hydrogen-bond donors (Lipinski definition) is 2. The predicted octanol–water partition coefficient (Wildman–Crippen LogP) is 1.55. The first kappa shape index (κ1) is 14.9. The van der Waals surface area contributed by atoms with Crippen molar-refractivity contribution in [1.82, 2.24) is 15.6 Å². The number of rotatable bonds is 6. The van der Waals surface area contributed by atoms with Gasteiger partial charge in [0.25, 0.3) is 5.91 Å². The van der Waals surface area contributed by atoms with Crippen molar-refractivity contribution in [2.45, 2.75) is 13.3 Å². The van der Waals surface area contributed by atoms with Crippen LogP contribution >= 0.6 is 0 Å². The fourth-order valence-electron chi connectivity index (χ4n) is 2.06. The molecule has 0 bridgehead atoms. The molecular formula is C15H16FN3O2. The molecule has 2 rings (SSSR count). The first-order chi connectivity index (χ1) is 10.1. The highest BCUT2D eigenvalue weighted by atomic mass is 19.1. The third-order valence-electron chi connectivity index (χ3n) is 3.01. The van der Waals surface area contributed by atoms with Crippen LogP contribution in [-0.2, 0) is 4.79 Å². The summed E-state index contributed by atoms with van der Waals surface area (Å²) in [6, 6.07) is 5.83. The molecule has 0 spiro atoms. The van der Waals surface area contributed by atoms with Crippen molar-refractivity contribution in [3.63, 3.8) is 0 Å². The van der Waals surface area contributed by atoms with Crippen LogP contribution in [-0.4, -0.2) is 30.4 Å². The average molecular weight is 289 g/mol. The Morgan fingerprint density at radius 3 is 2.90 bits per heavy atom. The zero-order chi connectivity index (χ0) is 15.2. The van der Waals surface area contributed by atoms with Crippen molar-refractivity contribution in [3.05, 3.63) is 41.3 Å². The molecule has 2 amide bonds. The Morgan fingerprint density at radius 1 is 1.33 bits per heavy atom. The minimum absolute atomic E-state index is 0.276. The van der Waals surface area contributed by atoms with Crippen LogP contribution in [0.3, 0.4) is 0 Å². The molecular weight excluding hydrogens is 273 g/mol. The van der Waals surface area contributed by atoms with Gasteiger partial charge in [0, 0.05) is 24.2 Å². The lowest BCUT2D eigenvalue weighted by atomic mass is 10.1. The molecule has 1 aromatic heterocycles. The topological polar surface area (TPSA) is 71.1 Å². The molecule has 0 unspecified atom stereocenters. The molecule has 0 radical (unpaired) electrons. The van der Waals surface area contributed by atoms with Gasteiger partial charge in [-0.1, -0.05) is 0 Å². The number of hydrogen-bond acceptors (Lipinski definition) is 3. The predicted molar refractivity (Wildman–Crippen MR) is 77.5 cm³/mol. The number of halogens is 1. The normalized spacial score (nSPS) is 10.4. The van der Waals surface area contributed by atoms with E-state index in [1.54, 1.807) is 19.1 Å². The van der Waals surface area contributed by atoms with Gasteiger partial charge >= 0.3 is 0 Å². The monoisotopic (exact) mass is 289 g/mol. The standard InChI is InChI=1S/C15H16FN3O2/c1-10-7-13(15(21)18-6-2-5-17-9-20)12-8-11(16)3-4-14(12)19-10/h3-4,7-9H,2,5-6H2,1H3,(H,17,20)(H,18,21). The molecule has 1 heterocycles. The van der Waals surface area contributed by atoms with Gasteiger partial charge in [0.05, 0.1) is 11.1 Å². The van der Waals surface area contributed by atoms with Crippen LogP contribution in [0.5, 0.6) is 0 Å². The van der Waals surface area contributed by atoms with E-state index in [1.807, 2.05) is 0 Å². The molecule has 0 aliphatic heterocycles. The molecule has 6 heteroatoms. The minimum Gasteiger partial charge on any atom is -0.359 e. The second-order valence-corrected chi connectivity index (χ2v) is 4.65. The fraction of sp³-hybridized carbons (Fsp3) is 0.267. The van der Waals surface area contributed by atoms with Gasteiger partial charge in [0.15, 0.2) is 0 Å².